The highest BCUT2D eigenvalue weighted by Crippen LogP contribution is 2.61. The van der Waals surface area contributed by atoms with Gasteiger partial charge in [0.1, 0.15) is 12.9 Å². The first-order chi connectivity index (χ1) is 12.6. The molecule has 2 atom stereocenters. The SMILES string of the molecule is C/C=C(/C=O)C1C(C(=O)OCc2c(F)c(F)c(COC)c(F)c2F)C1(C)C. The number of hydrogen-bond acceptors (Lipinski definition) is 4. The molecule has 1 aromatic carbocycles. The molecule has 0 aliphatic heterocycles. The van der Waals surface area contributed by atoms with E-state index in [9.17, 15) is 27.2 Å². The molecule has 4 nitrogen and oxygen atoms in total. The van der Waals surface area contributed by atoms with E-state index in [1.54, 1.807) is 26.8 Å². The summed E-state index contributed by atoms with van der Waals surface area (Å²) in [6.07, 6.45) is 2.21. The molecule has 0 bridgehead atoms. The lowest BCUT2D eigenvalue weighted by molar-refractivity contribution is -0.147. The van der Waals surface area contributed by atoms with Gasteiger partial charge in [-0.2, -0.15) is 0 Å². The van der Waals surface area contributed by atoms with Crippen LogP contribution >= 0.6 is 0 Å². The fourth-order valence-electron chi connectivity index (χ4n) is 3.37. The van der Waals surface area contributed by atoms with Crippen LogP contribution in [0.4, 0.5) is 17.6 Å². The third-order valence-corrected chi connectivity index (χ3v) is 5.00. The fraction of sp³-hybridized carbons (Fsp3) is 0.474. The Morgan fingerprint density at radius 3 is 1.89 bits per heavy atom. The summed E-state index contributed by atoms with van der Waals surface area (Å²) in [4.78, 5) is 23.4. The Morgan fingerprint density at radius 1 is 1.00 bits per heavy atom. The minimum atomic E-state index is -1.64. The number of hydrogen-bond donors (Lipinski definition) is 0. The number of rotatable bonds is 7. The molecule has 0 spiro atoms. The molecule has 2 rings (SSSR count). The second kappa shape index (κ2) is 7.80. The molecule has 1 saturated carbocycles. The Kier molecular flexibility index (Phi) is 6.09. The smallest absolute Gasteiger partial charge is 0.310 e. The van der Waals surface area contributed by atoms with E-state index in [1.807, 2.05) is 0 Å². The number of benzene rings is 1. The largest absolute Gasteiger partial charge is 0.460 e. The van der Waals surface area contributed by atoms with Crippen molar-refractivity contribution in [2.45, 2.75) is 34.0 Å². The average molecular weight is 388 g/mol. The quantitative estimate of drug-likeness (QED) is 0.234. The molecule has 8 heteroatoms. The molecule has 2 unspecified atom stereocenters. The molecule has 1 fully saturated rings. The highest BCUT2D eigenvalue weighted by atomic mass is 19.2. The number of methoxy groups -OCH3 is 1. The van der Waals surface area contributed by atoms with Crippen LogP contribution in [-0.4, -0.2) is 19.4 Å². The first-order valence-corrected chi connectivity index (χ1v) is 8.24. The third kappa shape index (κ3) is 3.63. The molecule has 1 aliphatic carbocycles. The van der Waals surface area contributed by atoms with Crippen LogP contribution in [0.1, 0.15) is 31.9 Å². The molecule has 1 aliphatic rings. The van der Waals surface area contributed by atoms with Crippen molar-refractivity contribution in [1.29, 1.82) is 0 Å². The minimum absolute atomic E-state index is 0.389. The lowest BCUT2D eigenvalue weighted by Gasteiger charge is -2.12. The predicted molar refractivity (Wildman–Crippen MR) is 87.4 cm³/mol. The van der Waals surface area contributed by atoms with E-state index < -0.39 is 64.9 Å². The zero-order chi connectivity index (χ0) is 20.5. The molecule has 0 saturated heterocycles. The standard InChI is InChI=1S/C19H20F4O4/c1-5-9(6-24)12-13(19(12,2)3)18(25)27-8-11-16(22)14(20)10(7-26-4)15(21)17(11)23/h5-6,12-13H,7-8H2,1-4H3/b9-5-. The highest BCUT2D eigenvalue weighted by molar-refractivity contribution is 5.84. The van der Waals surface area contributed by atoms with Crippen molar-refractivity contribution in [3.8, 4) is 0 Å². The van der Waals surface area contributed by atoms with Gasteiger partial charge in [0.2, 0.25) is 0 Å². The number of carbonyl (C=O) groups excluding carboxylic acids is 2. The van der Waals surface area contributed by atoms with Crippen LogP contribution in [0.2, 0.25) is 0 Å². The van der Waals surface area contributed by atoms with E-state index in [0.717, 1.165) is 7.11 Å². The zero-order valence-corrected chi connectivity index (χ0v) is 15.4. The summed E-state index contributed by atoms with van der Waals surface area (Å²) in [6, 6.07) is 0. The van der Waals surface area contributed by atoms with Crippen LogP contribution in [0.3, 0.4) is 0 Å². The number of esters is 1. The fourth-order valence-corrected chi connectivity index (χ4v) is 3.37. The highest BCUT2D eigenvalue weighted by Gasteiger charge is 2.63. The molecule has 0 heterocycles. The summed E-state index contributed by atoms with van der Waals surface area (Å²) in [5.74, 6) is -8.34. The van der Waals surface area contributed by atoms with Gasteiger partial charge in [-0.05, 0) is 17.9 Å². The molecular formula is C19H20F4O4. The maximum Gasteiger partial charge on any atom is 0.310 e. The van der Waals surface area contributed by atoms with Gasteiger partial charge in [-0.25, -0.2) is 17.6 Å². The second-order valence-electron chi connectivity index (χ2n) is 6.94. The molecule has 1 aromatic rings. The second-order valence-corrected chi connectivity index (χ2v) is 6.94. The summed E-state index contributed by atoms with van der Waals surface area (Å²) in [5.41, 5.74) is -2.06. The maximum absolute atomic E-state index is 14.1. The Hall–Kier alpha value is -2.22. The van der Waals surface area contributed by atoms with E-state index >= 15 is 0 Å². The summed E-state index contributed by atoms with van der Waals surface area (Å²) in [6.45, 7) is 3.52. The van der Waals surface area contributed by atoms with Gasteiger partial charge in [0, 0.05) is 13.0 Å². The Morgan fingerprint density at radius 2 is 1.48 bits per heavy atom. The average Bonchev–Trinajstić information content (AvgIpc) is 3.20. The van der Waals surface area contributed by atoms with Gasteiger partial charge < -0.3 is 9.47 Å². The van der Waals surface area contributed by atoms with E-state index in [-0.39, 0.29) is 5.92 Å². The van der Waals surface area contributed by atoms with E-state index in [1.165, 1.54) is 0 Å². The van der Waals surface area contributed by atoms with Crippen LogP contribution in [-0.2, 0) is 32.3 Å². The maximum atomic E-state index is 14.1. The van der Waals surface area contributed by atoms with E-state index in [0.29, 0.717) is 11.9 Å². The van der Waals surface area contributed by atoms with Gasteiger partial charge in [-0.15, -0.1) is 0 Å². The summed E-state index contributed by atoms with van der Waals surface area (Å²) >= 11 is 0. The summed E-state index contributed by atoms with van der Waals surface area (Å²) in [7, 11) is 1.12. The molecule has 0 radical (unpaired) electrons. The number of carbonyl (C=O) groups is 2. The number of halogens is 4. The third-order valence-electron chi connectivity index (χ3n) is 5.00. The van der Waals surface area contributed by atoms with Crippen molar-refractivity contribution < 1.29 is 36.6 Å². The van der Waals surface area contributed by atoms with Gasteiger partial charge in [-0.1, -0.05) is 19.9 Å². The van der Waals surface area contributed by atoms with Crippen LogP contribution in [0, 0.1) is 40.5 Å². The number of allylic oxidation sites excluding steroid dienone is 2. The lowest BCUT2D eigenvalue weighted by atomic mass is 10.0. The van der Waals surface area contributed by atoms with Gasteiger partial charge in [0.15, 0.2) is 23.3 Å². The lowest BCUT2D eigenvalue weighted by Crippen LogP contribution is -2.15. The van der Waals surface area contributed by atoms with Crippen LogP contribution in [0.15, 0.2) is 11.6 Å². The molecular weight excluding hydrogens is 368 g/mol. The Labute approximate surface area is 154 Å². The van der Waals surface area contributed by atoms with Gasteiger partial charge in [0.25, 0.3) is 0 Å². The minimum Gasteiger partial charge on any atom is -0.460 e. The zero-order valence-electron chi connectivity index (χ0n) is 15.4. The Balaban J connectivity index is 2.20. The topological polar surface area (TPSA) is 52.6 Å². The molecule has 148 valence electrons. The first-order valence-electron chi connectivity index (χ1n) is 8.24. The summed E-state index contributed by atoms with van der Waals surface area (Å²) < 4.78 is 65.4. The molecule has 0 N–H and O–H groups in total. The van der Waals surface area contributed by atoms with Crippen LogP contribution in [0.25, 0.3) is 0 Å². The Bertz CT molecular complexity index is 772. The van der Waals surface area contributed by atoms with Crippen LogP contribution < -0.4 is 0 Å². The van der Waals surface area contributed by atoms with E-state index in [4.69, 9.17) is 4.74 Å². The molecule has 0 aromatic heterocycles. The van der Waals surface area contributed by atoms with Gasteiger partial charge in [0.05, 0.1) is 23.7 Å². The van der Waals surface area contributed by atoms with E-state index in [2.05, 4.69) is 4.74 Å². The van der Waals surface area contributed by atoms with Crippen molar-refractivity contribution in [2.75, 3.05) is 7.11 Å². The molecule has 0 amide bonds. The van der Waals surface area contributed by atoms with Crippen molar-refractivity contribution in [3.63, 3.8) is 0 Å². The number of aldehydes is 1. The summed E-state index contributed by atoms with van der Waals surface area (Å²) in [5, 5.41) is 0. The monoisotopic (exact) mass is 388 g/mol. The van der Waals surface area contributed by atoms with Gasteiger partial charge >= 0.3 is 5.97 Å². The van der Waals surface area contributed by atoms with Crippen molar-refractivity contribution >= 4 is 12.3 Å². The van der Waals surface area contributed by atoms with Crippen molar-refractivity contribution in [3.05, 3.63) is 46.0 Å². The van der Waals surface area contributed by atoms with Crippen molar-refractivity contribution in [2.24, 2.45) is 17.3 Å². The van der Waals surface area contributed by atoms with Gasteiger partial charge in [-0.3, -0.25) is 9.59 Å². The molecule has 27 heavy (non-hydrogen) atoms. The van der Waals surface area contributed by atoms with Crippen LogP contribution in [0.5, 0.6) is 0 Å². The first kappa shape index (κ1) is 21.1. The predicted octanol–water partition coefficient (Wildman–Crippen LogP) is 3.85. The van der Waals surface area contributed by atoms with Crippen molar-refractivity contribution in [1.82, 2.24) is 0 Å². The number of ether oxygens (including phenoxy) is 2. The normalized spacial score (nSPS) is 21.1.